The minimum Gasteiger partial charge on any atom is -0.396 e. The highest BCUT2D eigenvalue weighted by molar-refractivity contribution is 5.78. The van der Waals surface area contributed by atoms with Gasteiger partial charge in [0, 0.05) is 12.7 Å². The smallest absolute Gasteiger partial charge is 0.224 e. The Morgan fingerprint density at radius 3 is 2.90 bits per heavy atom. The molecule has 0 spiro atoms. The van der Waals surface area contributed by atoms with E-state index in [1.165, 1.54) is 5.56 Å². The van der Waals surface area contributed by atoms with Gasteiger partial charge >= 0.3 is 0 Å². The molecule has 0 saturated heterocycles. The zero-order valence-electron chi connectivity index (χ0n) is 11.9. The van der Waals surface area contributed by atoms with Gasteiger partial charge in [-0.05, 0) is 25.0 Å². The lowest BCUT2D eigenvalue weighted by atomic mass is 10.0. The van der Waals surface area contributed by atoms with E-state index in [9.17, 15) is 4.79 Å². The van der Waals surface area contributed by atoms with Crippen LogP contribution in [0.15, 0.2) is 30.6 Å². The summed E-state index contributed by atoms with van der Waals surface area (Å²) in [6, 6.07) is 6.16. The normalized spacial score (nSPS) is 10.5. The number of nitrogen functional groups attached to an aromatic ring is 1. The van der Waals surface area contributed by atoms with Crippen molar-refractivity contribution in [3.05, 3.63) is 47.3 Å². The van der Waals surface area contributed by atoms with E-state index in [1.807, 2.05) is 19.9 Å². The van der Waals surface area contributed by atoms with Crippen LogP contribution < -0.4 is 11.1 Å². The molecule has 0 aliphatic heterocycles. The predicted octanol–water partition coefficient (Wildman–Crippen LogP) is 1.44. The first kappa shape index (κ1) is 14.1. The number of nitrogens with zero attached hydrogens (tertiary/aromatic N) is 2. The van der Waals surface area contributed by atoms with Gasteiger partial charge in [-0.3, -0.25) is 9.48 Å². The largest absolute Gasteiger partial charge is 0.396 e. The Hall–Kier alpha value is -2.30. The number of hydrogen-bond acceptors (Lipinski definition) is 3. The summed E-state index contributed by atoms with van der Waals surface area (Å²) in [4.78, 5) is 11.9. The highest BCUT2D eigenvalue weighted by Crippen LogP contribution is 2.11. The third-order valence-corrected chi connectivity index (χ3v) is 3.17. The van der Waals surface area contributed by atoms with Crippen molar-refractivity contribution in [2.45, 2.75) is 26.8 Å². The molecule has 2 aromatic rings. The number of aryl methyl sites for hydroxylation is 2. The Morgan fingerprint density at radius 1 is 1.40 bits per heavy atom. The van der Waals surface area contributed by atoms with Gasteiger partial charge < -0.3 is 11.1 Å². The van der Waals surface area contributed by atoms with Gasteiger partial charge in [0.15, 0.2) is 0 Å². The maximum atomic E-state index is 11.9. The van der Waals surface area contributed by atoms with E-state index in [-0.39, 0.29) is 5.91 Å². The van der Waals surface area contributed by atoms with Crippen molar-refractivity contribution in [3.63, 3.8) is 0 Å². The van der Waals surface area contributed by atoms with Crippen LogP contribution in [0.4, 0.5) is 5.69 Å². The third kappa shape index (κ3) is 3.85. The van der Waals surface area contributed by atoms with Crippen molar-refractivity contribution in [3.8, 4) is 0 Å². The first-order chi connectivity index (χ1) is 9.54. The highest BCUT2D eigenvalue weighted by Gasteiger charge is 2.06. The molecule has 1 amide bonds. The Kier molecular flexibility index (Phi) is 4.40. The van der Waals surface area contributed by atoms with Gasteiger partial charge in [-0.15, -0.1) is 0 Å². The highest BCUT2D eigenvalue weighted by atomic mass is 16.1. The molecule has 20 heavy (non-hydrogen) atoms. The summed E-state index contributed by atoms with van der Waals surface area (Å²) in [7, 11) is 0. The topological polar surface area (TPSA) is 72.9 Å². The van der Waals surface area contributed by atoms with Crippen molar-refractivity contribution in [1.82, 2.24) is 15.1 Å². The van der Waals surface area contributed by atoms with E-state index in [4.69, 9.17) is 5.73 Å². The van der Waals surface area contributed by atoms with Gasteiger partial charge in [0.25, 0.3) is 0 Å². The van der Waals surface area contributed by atoms with Crippen LogP contribution in [0.25, 0.3) is 0 Å². The standard InChI is InChI=1S/C15H20N4O/c1-11-3-4-12(2)13(7-11)8-15(20)17-5-6-19-10-14(16)9-18-19/h3-4,7,9-10H,5-6,8,16H2,1-2H3,(H,17,20). The lowest BCUT2D eigenvalue weighted by molar-refractivity contribution is -0.120. The fourth-order valence-corrected chi connectivity index (χ4v) is 2.04. The molecule has 3 N–H and O–H groups in total. The van der Waals surface area contributed by atoms with E-state index in [2.05, 4.69) is 22.5 Å². The Balaban J connectivity index is 1.82. The zero-order valence-corrected chi connectivity index (χ0v) is 11.9. The number of carbonyl (C=O) groups excluding carboxylic acids is 1. The molecule has 0 fully saturated rings. The average Bonchev–Trinajstić information content (AvgIpc) is 2.80. The minimum atomic E-state index is 0.0267. The minimum absolute atomic E-state index is 0.0267. The Labute approximate surface area is 118 Å². The molecule has 0 bridgehead atoms. The molecule has 106 valence electrons. The fourth-order valence-electron chi connectivity index (χ4n) is 2.04. The Morgan fingerprint density at radius 2 is 2.20 bits per heavy atom. The van der Waals surface area contributed by atoms with Gasteiger partial charge in [-0.25, -0.2) is 0 Å². The molecule has 5 heteroatoms. The van der Waals surface area contributed by atoms with E-state index in [1.54, 1.807) is 17.1 Å². The van der Waals surface area contributed by atoms with Crippen molar-refractivity contribution in [2.24, 2.45) is 0 Å². The zero-order chi connectivity index (χ0) is 14.5. The fraction of sp³-hybridized carbons (Fsp3) is 0.333. The van der Waals surface area contributed by atoms with Crippen molar-refractivity contribution >= 4 is 11.6 Å². The van der Waals surface area contributed by atoms with E-state index < -0.39 is 0 Å². The van der Waals surface area contributed by atoms with Crippen LogP contribution in [0.3, 0.4) is 0 Å². The van der Waals surface area contributed by atoms with Crippen LogP contribution in [0.5, 0.6) is 0 Å². The number of nitrogens with one attached hydrogen (secondary N) is 1. The average molecular weight is 272 g/mol. The molecule has 2 rings (SSSR count). The second kappa shape index (κ2) is 6.23. The van der Waals surface area contributed by atoms with Crippen molar-refractivity contribution < 1.29 is 4.79 Å². The summed E-state index contributed by atoms with van der Waals surface area (Å²) >= 11 is 0. The number of benzene rings is 1. The van der Waals surface area contributed by atoms with Gasteiger partial charge in [0.2, 0.25) is 5.91 Å². The van der Waals surface area contributed by atoms with Crippen LogP contribution in [-0.4, -0.2) is 22.2 Å². The lowest BCUT2D eigenvalue weighted by Gasteiger charge is -2.08. The Bertz CT molecular complexity index is 604. The first-order valence-electron chi connectivity index (χ1n) is 6.65. The summed E-state index contributed by atoms with van der Waals surface area (Å²) < 4.78 is 1.72. The van der Waals surface area contributed by atoms with Crippen LogP contribution in [0.2, 0.25) is 0 Å². The van der Waals surface area contributed by atoms with E-state index in [0.717, 1.165) is 11.1 Å². The molecular formula is C15H20N4O. The molecule has 0 aliphatic rings. The summed E-state index contributed by atoms with van der Waals surface area (Å²) in [6.45, 7) is 5.22. The molecule has 0 unspecified atom stereocenters. The quantitative estimate of drug-likeness (QED) is 0.865. The molecular weight excluding hydrogens is 252 g/mol. The molecule has 0 aliphatic carbocycles. The molecule has 1 aromatic heterocycles. The monoisotopic (exact) mass is 272 g/mol. The van der Waals surface area contributed by atoms with Gasteiger partial charge in [-0.2, -0.15) is 5.10 Å². The molecule has 0 saturated carbocycles. The third-order valence-electron chi connectivity index (χ3n) is 3.17. The number of nitrogens with two attached hydrogens (primary N) is 1. The number of rotatable bonds is 5. The number of aromatic nitrogens is 2. The SMILES string of the molecule is Cc1ccc(C)c(CC(=O)NCCn2cc(N)cn2)c1. The molecule has 0 atom stereocenters. The predicted molar refractivity (Wildman–Crippen MR) is 79.3 cm³/mol. The van der Waals surface area contributed by atoms with Gasteiger partial charge in [-0.1, -0.05) is 23.8 Å². The number of anilines is 1. The lowest BCUT2D eigenvalue weighted by Crippen LogP contribution is -2.28. The number of hydrogen-bond donors (Lipinski definition) is 2. The van der Waals surface area contributed by atoms with Crippen molar-refractivity contribution in [2.75, 3.05) is 12.3 Å². The first-order valence-corrected chi connectivity index (χ1v) is 6.65. The van der Waals surface area contributed by atoms with E-state index >= 15 is 0 Å². The molecule has 5 nitrogen and oxygen atoms in total. The van der Waals surface area contributed by atoms with Crippen LogP contribution in [0.1, 0.15) is 16.7 Å². The summed E-state index contributed by atoms with van der Waals surface area (Å²) in [5.74, 6) is 0.0267. The molecule has 0 radical (unpaired) electrons. The summed E-state index contributed by atoms with van der Waals surface area (Å²) in [5, 5.41) is 6.96. The maximum absolute atomic E-state index is 11.9. The number of amides is 1. The second-order valence-corrected chi connectivity index (χ2v) is 4.99. The van der Waals surface area contributed by atoms with Crippen LogP contribution in [-0.2, 0) is 17.8 Å². The molecule has 1 aromatic carbocycles. The van der Waals surface area contributed by atoms with Crippen LogP contribution in [0, 0.1) is 13.8 Å². The summed E-state index contributed by atoms with van der Waals surface area (Å²) in [6.07, 6.45) is 3.75. The van der Waals surface area contributed by atoms with E-state index in [0.29, 0.717) is 25.2 Å². The van der Waals surface area contributed by atoms with Crippen LogP contribution >= 0.6 is 0 Å². The maximum Gasteiger partial charge on any atom is 0.224 e. The second-order valence-electron chi connectivity index (χ2n) is 4.99. The summed E-state index contributed by atoms with van der Waals surface area (Å²) in [5.41, 5.74) is 9.59. The number of carbonyl (C=O) groups is 1. The van der Waals surface area contributed by atoms with Gasteiger partial charge in [0.1, 0.15) is 0 Å². The van der Waals surface area contributed by atoms with Gasteiger partial charge in [0.05, 0.1) is 24.8 Å². The van der Waals surface area contributed by atoms with Crippen molar-refractivity contribution in [1.29, 1.82) is 0 Å². The molecule has 1 heterocycles.